The van der Waals surface area contributed by atoms with Crippen molar-refractivity contribution in [3.05, 3.63) is 10.6 Å². The molecule has 1 aromatic heterocycles. The lowest BCUT2D eigenvalue weighted by Gasteiger charge is -2.26. The van der Waals surface area contributed by atoms with Crippen LogP contribution in [0.2, 0.25) is 0 Å². The zero-order valence-corrected chi connectivity index (χ0v) is 10.3. The van der Waals surface area contributed by atoms with Gasteiger partial charge < -0.3 is 9.64 Å². The van der Waals surface area contributed by atoms with E-state index in [0.29, 0.717) is 0 Å². The Labute approximate surface area is 95.1 Å². The maximum atomic E-state index is 5.35. The van der Waals surface area contributed by atoms with Crippen molar-refractivity contribution in [3.63, 3.8) is 0 Å². The molecule has 1 saturated heterocycles. The molecule has 0 radical (unpaired) electrons. The van der Waals surface area contributed by atoms with Gasteiger partial charge in [0.2, 0.25) is 0 Å². The second kappa shape index (κ2) is 4.94. The summed E-state index contributed by atoms with van der Waals surface area (Å²) in [6.07, 6.45) is 2.15. The van der Waals surface area contributed by atoms with E-state index >= 15 is 0 Å². The quantitative estimate of drug-likeness (QED) is 0.789. The lowest BCUT2D eigenvalue weighted by Crippen LogP contribution is -2.36. The molecule has 1 fully saturated rings. The Bertz CT molecular complexity index is 297. The molecule has 0 spiro atoms. The number of anilines is 1. The molecule has 4 heteroatoms. The molecule has 15 heavy (non-hydrogen) atoms. The monoisotopic (exact) mass is 226 g/mol. The summed E-state index contributed by atoms with van der Waals surface area (Å²) in [7, 11) is 0. The third kappa shape index (κ3) is 2.32. The van der Waals surface area contributed by atoms with Gasteiger partial charge in [0.1, 0.15) is 0 Å². The topological polar surface area (TPSA) is 25.4 Å². The Kier molecular flexibility index (Phi) is 3.59. The molecule has 1 aliphatic heterocycles. The van der Waals surface area contributed by atoms with Crippen molar-refractivity contribution in [1.82, 2.24) is 4.98 Å². The summed E-state index contributed by atoms with van der Waals surface area (Å²) in [4.78, 5) is 8.50. The molecule has 3 nitrogen and oxygen atoms in total. The zero-order chi connectivity index (χ0) is 10.7. The van der Waals surface area contributed by atoms with Crippen LogP contribution in [0.25, 0.3) is 0 Å². The van der Waals surface area contributed by atoms with Crippen molar-refractivity contribution in [2.75, 3.05) is 31.2 Å². The van der Waals surface area contributed by atoms with E-state index in [1.165, 1.54) is 15.7 Å². The molecule has 0 aliphatic carbocycles. The van der Waals surface area contributed by atoms with Gasteiger partial charge in [-0.05, 0) is 12.8 Å². The van der Waals surface area contributed by atoms with Gasteiger partial charge in [0.25, 0.3) is 0 Å². The molecule has 1 aliphatic rings. The molecular weight excluding hydrogens is 208 g/mol. The third-order valence-electron chi connectivity index (χ3n) is 2.70. The van der Waals surface area contributed by atoms with Gasteiger partial charge >= 0.3 is 0 Å². The average molecular weight is 226 g/mol. The van der Waals surface area contributed by atoms with Crippen LogP contribution in [0, 0.1) is 0 Å². The van der Waals surface area contributed by atoms with Crippen LogP contribution in [0.1, 0.15) is 24.4 Å². The molecule has 2 rings (SSSR count). The van der Waals surface area contributed by atoms with Gasteiger partial charge in [-0.15, -0.1) is 11.3 Å². The highest BCUT2D eigenvalue weighted by atomic mass is 32.1. The summed E-state index contributed by atoms with van der Waals surface area (Å²) in [6, 6.07) is 0. The molecule has 0 saturated carbocycles. The second-order valence-electron chi connectivity index (χ2n) is 3.67. The van der Waals surface area contributed by atoms with Gasteiger partial charge in [-0.3, -0.25) is 0 Å². The molecule has 0 N–H and O–H groups in total. The van der Waals surface area contributed by atoms with Crippen LogP contribution >= 0.6 is 11.3 Å². The fourth-order valence-electron chi connectivity index (χ4n) is 1.81. The van der Waals surface area contributed by atoms with Crippen molar-refractivity contribution < 1.29 is 4.74 Å². The summed E-state index contributed by atoms with van der Waals surface area (Å²) in [6.45, 7) is 8.03. The van der Waals surface area contributed by atoms with Gasteiger partial charge in [-0.25, -0.2) is 4.98 Å². The second-order valence-corrected chi connectivity index (χ2v) is 4.73. The number of ether oxygens (including phenoxy) is 1. The van der Waals surface area contributed by atoms with Crippen LogP contribution < -0.4 is 4.90 Å². The first-order valence-corrected chi connectivity index (χ1v) is 6.48. The van der Waals surface area contributed by atoms with Crippen LogP contribution in [0.4, 0.5) is 5.13 Å². The first-order valence-electron chi connectivity index (χ1n) is 5.66. The summed E-state index contributed by atoms with van der Waals surface area (Å²) in [5, 5.41) is 1.19. The average Bonchev–Trinajstić information content (AvgIpc) is 2.73. The zero-order valence-electron chi connectivity index (χ0n) is 9.45. The molecule has 0 aromatic carbocycles. The van der Waals surface area contributed by atoms with Crippen LogP contribution in [0.3, 0.4) is 0 Å². The molecule has 1 aromatic rings. The molecule has 0 atom stereocenters. The highest BCUT2D eigenvalue weighted by Gasteiger charge is 2.16. The molecule has 84 valence electrons. The molecule has 0 amide bonds. The van der Waals surface area contributed by atoms with Crippen molar-refractivity contribution in [1.29, 1.82) is 0 Å². The predicted molar refractivity (Wildman–Crippen MR) is 63.9 cm³/mol. The van der Waals surface area contributed by atoms with Gasteiger partial charge in [0.05, 0.1) is 18.9 Å². The highest BCUT2D eigenvalue weighted by Crippen LogP contribution is 2.27. The van der Waals surface area contributed by atoms with E-state index in [-0.39, 0.29) is 0 Å². The predicted octanol–water partition coefficient (Wildman–Crippen LogP) is 2.10. The Morgan fingerprint density at radius 1 is 1.27 bits per heavy atom. The number of morpholine rings is 1. The number of hydrogen-bond acceptors (Lipinski definition) is 4. The maximum absolute atomic E-state index is 5.35. The Hall–Kier alpha value is -0.610. The van der Waals surface area contributed by atoms with Crippen LogP contribution in [-0.2, 0) is 17.6 Å². The van der Waals surface area contributed by atoms with E-state index in [9.17, 15) is 0 Å². The van der Waals surface area contributed by atoms with E-state index in [4.69, 9.17) is 9.72 Å². The maximum Gasteiger partial charge on any atom is 0.185 e. The van der Waals surface area contributed by atoms with Crippen LogP contribution in [0.15, 0.2) is 0 Å². The molecule has 0 bridgehead atoms. The van der Waals surface area contributed by atoms with Crippen LogP contribution in [-0.4, -0.2) is 31.3 Å². The number of nitrogens with zero attached hydrogens (tertiary/aromatic N) is 2. The standard InChI is InChI=1S/C11H18N2OS/c1-3-9-10(4-2)15-11(12-9)13-5-7-14-8-6-13/h3-8H2,1-2H3. The van der Waals surface area contributed by atoms with Crippen LogP contribution in [0.5, 0.6) is 0 Å². The van der Waals surface area contributed by atoms with E-state index in [1.54, 1.807) is 0 Å². The summed E-state index contributed by atoms with van der Waals surface area (Å²) >= 11 is 1.85. The lowest BCUT2D eigenvalue weighted by atomic mass is 10.2. The van der Waals surface area contributed by atoms with Crippen molar-refractivity contribution >= 4 is 16.5 Å². The third-order valence-corrected chi connectivity index (χ3v) is 4.01. The normalized spacial score (nSPS) is 17.1. The molecule has 2 heterocycles. The minimum Gasteiger partial charge on any atom is -0.378 e. The Balaban J connectivity index is 2.16. The van der Waals surface area contributed by atoms with Crippen molar-refractivity contribution in [3.8, 4) is 0 Å². The number of aryl methyl sites for hydroxylation is 2. The first-order chi connectivity index (χ1) is 7.35. The van der Waals surface area contributed by atoms with Gasteiger partial charge in [0.15, 0.2) is 5.13 Å². The van der Waals surface area contributed by atoms with E-state index in [0.717, 1.165) is 39.1 Å². The minimum atomic E-state index is 0.836. The number of hydrogen-bond donors (Lipinski definition) is 0. The lowest BCUT2D eigenvalue weighted by molar-refractivity contribution is 0.122. The molecule has 0 unspecified atom stereocenters. The number of rotatable bonds is 3. The number of aromatic nitrogens is 1. The van der Waals surface area contributed by atoms with Gasteiger partial charge in [0, 0.05) is 18.0 Å². The smallest absolute Gasteiger partial charge is 0.185 e. The summed E-state index contributed by atoms with van der Waals surface area (Å²) in [5.74, 6) is 0. The largest absolute Gasteiger partial charge is 0.378 e. The summed E-state index contributed by atoms with van der Waals surface area (Å²) < 4.78 is 5.35. The van der Waals surface area contributed by atoms with Gasteiger partial charge in [-0.2, -0.15) is 0 Å². The van der Waals surface area contributed by atoms with E-state index < -0.39 is 0 Å². The van der Waals surface area contributed by atoms with Crippen molar-refractivity contribution in [2.45, 2.75) is 26.7 Å². The van der Waals surface area contributed by atoms with E-state index in [2.05, 4.69) is 18.7 Å². The minimum absolute atomic E-state index is 0.836. The fourth-order valence-corrected chi connectivity index (χ4v) is 2.95. The van der Waals surface area contributed by atoms with Crippen molar-refractivity contribution in [2.24, 2.45) is 0 Å². The first kappa shape index (κ1) is 10.9. The number of thiazole rings is 1. The van der Waals surface area contributed by atoms with Gasteiger partial charge in [-0.1, -0.05) is 13.8 Å². The Morgan fingerprint density at radius 3 is 2.53 bits per heavy atom. The molecular formula is C11H18N2OS. The SMILES string of the molecule is CCc1nc(N2CCOCC2)sc1CC. The highest BCUT2D eigenvalue weighted by molar-refractivity contribution is 7.15. The Morgan fingerprint density at radius 2 is 2.00 bits per heavy atom. The fraction of sp³-hybridized carbons (Fsp3) is 0.727. The van der Waals surface area contributed by atoms with E-state index in [1.807, 2.05) is 11.3 Å². The summed E-state index contributed by atoms with van der Waals surface area (Å²) in [5.41, 5.74) is 1.28.